The lowest BCUT2D eigenvalue weighted by Gasteiger charge is -2.32. The number of rotatable bonds is 13. The molecule has 1 heterocycles. The topological polar surface area (TPSA) is 77.0 Å². The molecule has 1 aromatic carbocycles. The van der Waals surface area contributed by atoms with Crippen molar-refractivity contribution in [3.8, 4) is 17.2 Å². The summed E-state index contributed by atoms with van der Waals surface area (Å²) in [6.45, 7) is 11.4. The minimum atomic E-state index is 0. The average Bonchev–Trinajstić information content (AvgIpc) is 2.71. The van der Waals surface area contributed by atoms with E-state index in [-0.39, 0.29) is 23.9 Å². The quantitative estimate of drug-likeness (QED) is 0.351. The third kappa shape index (κ3) is 7.21. The van der Waals surface area contributed by atoms with Gasteiger partial charge in [0, 0.05) is 26.2 Å². The molecule has 29 heavy (non-hydrogen) atoms. The summed E-state index contributed by atoms with van der Waals surface area (Å²) in [5, 5.41) is 28.6. The molecule has 0 atom stereocenters. The SMILES string of the molecule is CCCCNCc1c(O)c(CNCCCC)c2c(c1O)CN(CCCC)CO2.Cl. The Hall–Kier alpha value is -1.21. The number of nitrogens with one attached hydrogen (secondary N) is 2. The van der Waals surface area contributed by atoms with Gasteiger partial charge in [-0.2, -0.15) is 0 Å². The lowest BCUT2D eigenvalue weighted by Crippen LogP contribution is -2.34. The van der Waals surface area contributed by atoms with Crippen LogP contribution in [0.2, 0.25) is 0 Å². The van der Waals surface area contributed by atoms with Gasteiger partial charge in [-0.3, -0.25) is 4.90 Å². The van der Waals surface area contributed by atoms with Crippen molar-refractivity contribution in [2.45, 2.75) is 78.9 Å². The summed E-state index contributed by atoms with van der Waals surface area (Å²) < 4.78 is 6.03. The molecule has 0 saturated carbocycles. The third-order valence-corrected chi connectivity index (χ3v) is 5.31. The summed E-state index contributed by atoms with van der Waals surface area (Å²) in [5.41, 5.74) is 2.16. The van der Waals surface area contributed by atoms with Crippen LogP contribution in [-0.4, -0.2) is 41.5 Å². The lowest BCUT2D eigenvalue weighted by molar-refractivity contribution is 0.0904. The smallest absolute Gasteiger partial charge is 0.142 e. The highest BCUT2D eigenvalue weighted by molar-refractivity contribution is 5.85. The third-order valence-electron chi connectivity index (χ3n) is 5.31. The predicted molar refractivity (Wildman–Crippen MR) is 121 cm³/mol. The second-order valence-corrected chi connectivity index (χ2v) is 7.70. The van der Waals surface area contributed by atoms with E-state index in [1.54, 1.807) is 0 Å². The monoisotopic (exact) mass is 429 g/mol. The normalized spacial score (nSPS) is 13.6. The van der Waals surface area contributed by atoms with Gasteiger partial charge in [0.25, 0.3) is 0 Å². The summed E-state index contributed by atoms with van der Waals surface area (Å²) in [6.07, 6.45) is 6.65. The molecule has 0 aliphatic carbocycles. The maximum absolute atomic E-state index is 10.9. The molecule has 0 spiro atoms. The van der Waals surface area contributed by atoms with Gasteiger partial charge in [0.1, 0.15) is 24.0 Å². The van der Waals surface area contributed by atoms with Gasteiger partial charge in [0.05, 0.1) is 16.7 Å². The van der Waals surface area contributed by atoms with E-state index in [1.807, 2.05) is 0 Å². The van der Waals surface area contributed by atoms with Crippen LogP contribution in [0.15, 0.2) is 0 Å². The molecule has 1 aromatic rings. The molecule has 0 bridgehead atoms. The minimum Gasteiger partial charge on any atom is -0.507 e. The molecule has 168 valence electrons. The number of fused-ring (bicyclic) bond motifs is 1. The molecule has 2 rings (SSSR count). The zero-order valence-electron chi connectivity index (χ0n) is 18.4. The molecule has 7 heteroatoms. The molecule has 0 saturated heterocycles. The van der Waals surface area contributed by atoms with Crippen molar-refractivity contribution in [2.75, 3.05) is 26.4 Å². The second kappa shape index (κ2) is 13.9. The van der Waals surface area contributed by atoms with Gasteiger partial charge in [-0.25, -0.2) is 0 Å². The van der Waals surface area contributed by atoms with E-state index in [0.29, 0.717) is 37.7 Å². The van der Waals surface area contributed by atoms with Crippen LogP contribution in [0.5, 0.6) is 17.2 Å². The highest BCUT2D eigenvalue weighted by Crippen LogP contribution is 2.44. The summed E-state index contributed by atoms with van der Waals surface area (Å²) in [4.78, 5) is 2.21. The fraction of sp³-hybridized carbons (Fsp3) is 0.727. The number of hydrogen-bond donors (Lipinski definition) is 4. The number of aromatic hydroxyl groups is 2. The van der Waals surface area contributed by atoms with E-state index in [1.165, 1.54) is 0 Å². The molecule has 1 aliphatic heterocycles. The lowest BCUT2D eigenvalue weighted by atomic mass is 9.98. The number of phenolic OH excluding ortho intramolecular Hbond substituents is 2. The number of benzene rings is 1. The van der Waals surface area contributed by atoms with Crippen LogP contribution in [0, 0.1) is 0 Å². The van der Waals surface area contributed by atoms with Crippen molar-refractivity contribution in [2.24, 2.45) is 0 Å². The summed E-state index contributed by atoms with van der Waals surface area (Å²) >= 11 is 0. The van der Waals surface area contributed by atoms with Crippen LogP contribution in [0.3, 0.4) is 0 Å². The van der Waals surface area contributed by atoms with E-state index in [2.05, 4.69) is 36.3 Å². The molecule has 0 radical (unpaired) electrons. The highest BCUT2D eigenvalue weighted by Gasteiger charge is 2.28. The Balaban J connectivity index is 0.00000420. The Morgan fingerprint density at radius 3 is 2.03 bits per heavy atom. The first-order valence-electron chi connectivity index (χ1n) is 11.0. The molecule has 0 aromatic heterocycles. The highest BCUT2D eigenvalue weighted by atomic mass is 35.5. The van der Waals surface area contributed by atoms with Crippen LogP contribution in [-0.2, 0) is 19.6 Å². The van der Waals surface area contributed by atoms with Crippen molar-refractivity contribution in [3.63, 3.8) is 0 Å². The van der Waals surface area contributed by atoms with E-state index < -0.39 is 0 Å². The van der Waals surface area contributed by atoms with E-state index in [9.17, 15) is 10.2 Å². The van der Waals surface area contributed by atoms with Crippen LogP contribution in [0.1, 0.15) is 76.0 Å². The second-order valence-electron chi connectivity index (χ2n) is 7.70. The number of ether oxygens (including phenoxy) is 1. The van der Waals surface area contributed by atoms with Crippen LogP contribution in [0.25, 0.3) is 0 Å². The predicted octanol–water partition coefficient (Wildman–Crippen LogP) is 4.25. The van der Waals surface area contributed by atoms with E-state index >= 15 is 0 Å². The van der Waals surface area contributed by atoms with Crippen LogP contribution >= 0.6 is 12.4 Å². The van der Waals surface area contributed by atoms with Crippen molar-refractivity contribution >= 4 is 12.4 Å². The van der Waals surface area contributed by atoms with Gasteiger partial charge in [0.2, 0.25) is 0 Å². The maximum Gasteiger partial charge on any atom is 0.142 e. The Morgan fingerprint density at radius 1 is 0.862 bits per heavy atom. The van der Waals surface area contributed by atoms with Crippen LogP contribution < -0.4 is 15.4 Å². The average molecular weight is 430 g/mol. The van der Waals surface area contributed by atoms with Gasteiger partial charge >= 0.3 is 0 Å². The number of phenols is 2. The number of unbranched alkanes of at least 4 members (excludes halogenated alkanes) is 3. The number of nitrogens with zero attached hydrogens (tertiary/aromatic N) is 1. The standard InChI is InChI=1S/C22H39N3O3.ClH/c1-4-7-10-23-13-17-20(26)18(14-24-11-8-5-2)22-19(21(17)27)15-25(16-28-22)12-9-6-3;/h23-24,26-27H,4-16H2,1-3H3;1H. The molecule has 1 aliphatic rings. The molecule has 6 nitrogen and oxygen atoms in total. The Kier molecular flexibility index (Phi) is 12.4. The van der Waals surface area contributed by atoms with Gasteiger partial charge in [-0.05, 0) is 32.4 Å². The fourth-order valence-electron chi connectivity index (χ4n) is 3.51. The van der Waals surface area contributed by atoms with Gasteiger partial charge < -0.3 is 25.6 Å². The zero-order chi connectivity index (χ0) is 20.4. The van der Waals surface area contributed by atoms with Crippen molar-refractivity contribution in [1.29, 1.82) is 0 Å². The Labute approximate surface area is 182 Å². The first-order chi connectivity index (χ1) is 13.6. The van der Waals surface area contributed by atoms with Gasteiger partial charge in [-0.1, -0.05) is 40.0 Å². The first-order valence-corrected chi connectivity index (χ1v) is 11.0. The first kappa shape index (κ1) is 25.8. The molecule has 0 fully saturated rings. The van der Waals surface area contributed by atoms with Crippen molar-refractivity contribution in [3.05, 3.63) is 16.7 Å². The molecular weight excluding hydrogens is 390 g/mol. The van der Waals surface area contributed by atoms with Crippen LogP contribution in [0.4, 0.5) is 0 Å². The van der Waals surface area contributed by atoms with Crippen molar-refractivity contribution in [1.82, 2.24) is 15.5 Å². The van der Waals surface area contributed by atoms with E-state index in [0.717, 1.165) is 69.3 Å². The van der Waals surface area contributed by atoms with Crippen molar-refractivity contribution < 1.29 is 14.9 Å². The van der Waals surface area contributed by atoms with Gasteiger partial charge in [-0.15, -0.1) is 12.4 Å². The molecule has 0 unspecified atom stereocenters. The molecular formula is C22H40ClN3O3. The maximum atomic E-state index is 10.9. The minimum absolute atomic E-state index is 0. The summed E-state index contributed by atoms with van der Waals surface area (Å²) in [7, 11) is 0. The molecule has 4 N–H and O–H groups in total. The fourth-order valence-corrected chi connectivity index (χ4v) is 3.51. The Morgan fingerprint density at radius 2 is 1.45 bits per heavy atom. The summed E-state index contributed by atoms with van der Waals surface area (Å²) in [6, 6.07) is 0. The Bertz CT molecular complexity index is 590. The largest absolute Gasteiger partial charge is 0.507 e. The zero-order valence-corrected chi connectivity index (χ0v) is 19.2. The summed E-state index contributed by atoms with van der Waals surface area (Å²) in [5.74, 6) is 0.991. The van der Waals surface area contributed by atoms with Gasteiger partial charge in [0.15, 0.2) is 0 Å². The number of hydrogen-bond acceptors (Lipinski definition) is 6. The number of halogens is 1. The van der Waals surface area contributed by atoms with E-state index in [4.69, 9.17) is 4.74 Å². The molecule has 0 amide bonds.